The van der Waals surface area contributed by atoms with Crippen LogP contribution in [0.3, 0.4) is 0 Å². The second-order valence-corrected chi connectivity index (χ2v) is 11.7. The molecule has 0 spiro atoms. The lowest BCUT2D eigenvalue weighted by Gasteiger charge is -2.19. The number of phenolic OH excluding ortho intramolecular Hbond substituents is 1. The van der Waals surface area contributed by atoms with E-state index in [0.29, 0.717) is 47.4 Å². The number of aliphatic hydroxyl groups excluding tert-OH is 1. The fourth-order valence-corrected chi connectivity index (χ4v) is 5.57. The van der Waals surface area contributed by atoms with Crippen molar-refractivity contribution in [2.24, 2.45) is 5.73 Å². The number of primary amides is 1. The number of aromatic hydroxyl groups is 1. The normalized spacial score (nSPS) is 12.3. The fourth-order valence-electron chi connectivity index (χ4n) is 5.57. The lowest BCUT2D eigenvalue weighted by Crippen LogP contribution is -2.29. The monoisotopic (exact) mass is 664 g/mol. The summed E-state index contributed by atoms with van der Waals surface area (Å²) in [4.78, 5) is 40.5. The van der Waals surface area contributed by atoms with Gasteiger partial charge < -0.3 is 40.6 Å². The molecular weight excluding hydrogens is 624 g/mol. The molecule has 5 rings (SSSR count). The van der Waals surface area contributed by atoms with Crippen molar-refractivity contribution in [3.63, 3.8) is 0 Å². The molecule has 5 aromatic rings. The van der Waals surface area contributed by atoms with E-state index in [0.717, 1.165) is 29.5 Å². The SMILES string of the molecule is CN(CCCCNC[C@H](O)c1ccc(O)c2[nH]c(=O)ccc12)C(=O)c1ccc(COc2cccc([C@@H](OC(N)=O)c3ccccc3)c2)cc1. The number of aromatic amines is 1. The molecule has 1 aromatic heterocycles. The molecule has 0 unspecified atom stereocenters. The van der Waals surface area contributed by atoms with E-state index >= 15 is 0 Å². The minimum atomic E-state index is -0.868. The molecule has 0 aliphatic rings. The highest BCUT2D eigenvalue weighted by atomic mass is 16.6. The van der Waals surface area contributed by atoms with Gasteiger partial charge in [0.15, 0.2) is 6.10 Å². The number of pyridine rings is 1. The summed E-state index contributed by atoms with van der Waals surface area (Å²) in [7, 11) is 1.77. The number of nitrogens with one attached hydrogen (secondary N) is 2. The number of amides is 2. The Balaban J connectivity index is 1.05. The number of hydrogen-bond acceptors (Lipinski definition) is 8. The zero-order valence-corrected chi connectivity index (χ0v) is 27.2. The Morgan fingerprint density at radius 1 is 0.918 bits per heavy atom. The van der Waals surface area contributed by atoms with E-state index in [1.165, 1.54) is 12.1 Å². The van der Waals surface area contributed by atoms with Crippen molar-refractivity contribution in [1.29, 1.82) is 0 Å². The number of benzene rings is 4. The van der Waals surface area contributed by atoms with Gasteiger partial charge in [-0.15, -0.1) is 0 Å². The maximum atomic E-state index is 13.0. The number of nitrogens with zero attached hydrogens (tertiary/aromatic N) is 1. The number of unbranched alkanes of at least 4 members (excludes halogenated alkanes) is 1. The number of nitrogens with two attached hydrogens (primary N) is 1. The first-order valence-electron chi connectivity index (χ1n) is 16.0. The van der Waals surface area contributed by atoms with E-state index in [4.69, 9.17) is 15.2 Å². The topological polar surface area (TPSA) is 167 Å². The Hall–Kier alpha value is -5.65. The van der Waals surface area contributed by atoms with Gasteiger partial charge >= 0.3 is 6.09 Å². The Labute approximate surface area is 283 Å². The van der Waals surface area contributed by atoms with Crippen LogP contribution >= 0.6 is 0 Å². The van der Waals surface area contributed by atoms with Crippen molar-refractivity contribution >= 4 is 22.9 Å². The molecule has 49 heavy (non-hydrogen) atoms. The van der Waals surface area contributed by atoms with Crippen molar-refractivity contribution < 1.29 is 29.3 Å². The molecular formula is C38H40N4O7. The third-order valence-electron chi connectivity index (χ3n) is 8.15. The maximum absolute atomic E-state index is 13.0. The third kappa shape index (κ3) is 9.25. The number of rotatable bonds is 15. The predicted molar refractivity (Wildman–Crippen MR) is 186 cm³/mol. The molecule has 0 saturated heterocycles. The van der Waals surface area contributed by atoms with Crippen LogP contribution in [0.2, 0.25) is 0 Å². The average molecular weight is 665 g/mol. The summed E-state index contributed by atoms with van der Waals surface area (Å²) >= 11 is 0. The van der Waals surface area contributed by atoms with E-state index in [9.17, 15) is 24.6 Å². The van der Waals surface area contributed by atoms with Gasteiger partial charge in [0, 0.05) is 42.7 Å². The van der Waals surface area contributed by atoms with Crippen LogP contribution in [0.1, 0.15) is 57.7 Å². The highest BCUT2D eigenvalue weighted by Crippen LogP contribution is 2.30. The van der Waals surface area contributed by atoms with E-state index < -0.39 is 18.3 Å². The van der Waals surface area contributed by atoms with E-state index in [2.05, 4.69) is 10.3 Å². The summed E-state index contributed by atoms with van der Waals surface area (Å²) in [6.45, 7) is 1.80. The molecule has 0 saturated carbocycles. The van der Waals surface area contributed by atoms with Crippen molar-refractivity contribution in [2.75, 3.05) is 26.7 Å². The summed E-state index contributed by atoms with van der Waals surface area (Å²) in [6, 6.07) is 30.0. The van der Waals surface area contributed by atoms with Crippen LogP contribution in [-0.2, 0) is 11.3 Å². The first kappa shape index (κ1) is 34.7. The van der Waals surface area contributed by atoms with Crippen LogP contribution in [0, 0.1) is 0 Å². The number of aliphatic hydroxyl groups is 1. The highest BCUT2D eigenvalue weighted by Gasteiger charge is 2.19. The molecule has 11 nitrogen and oxygen atoms in total. The number of fused-ring (bicyclic) bond motifs is 1. The van der Waals surface area contributed by atoms with Gasteiger partial charge in [-0.25, -0.2) is 4.79 Å². The lowest BCUT2D eigenvalue weighted by atomic mass is 10.0. The average Bonchev–Trinajstić information content (AvgIpc) is 3.11. The predicted octanol–water partition coefficient (Wildman–Crippen LogP) is 5.17. The third-order valence-corrected chi connectivity index (χ3v) is 8.15. The van der Waals surface area contributed by atoms with Gasteiger partial charge in [0.2, 0.25) is 5.56 Å². The Kier molecular flexibility index (Phi) is 11.6. The minimum absolute atomic E-state index is 0.0497. The number of hydrogen-bond donors (Lipinski definition) is 5. The second kappa shape index (κ2) is 16.4. The number of ether oxygens (including phenoxy) is 2. The van der Waals surface area contributed by atoms with Gasteiger partial charge in [0.1, 0.15) is 18.1 Å². The molecule has 0 fully saturated rings. The Morgan fingerprint density at radius 2 is 1.67 bits per heavy atom. The van der Waals surface area contributed by atoms with Gasteiger partial charge in [0.25, 0.3) is 5.91 Å². The van der Waals surface area contributed by atoms with Gasteiger partial charge in [-0.3, -0.25) is 9.59 Å². The summed E-state index contributed by atoms with van der Waals surface area (Å²) in [5, 5.41) is 24.6. The zero-order valence-electron chi connectivity index (χ0n) is 27.2. The Morgan fingerprint density at radius 3 is 2.43 bits per heavy atom. The maximum Gasteiger partial charge on any atom is 0.405 e. The number of carbonyl (C=O) groups excluding carboxylic acids is 2. The second-order valence-electron chi connectivity index (χ2n) is 11.7. The largest absolute Gasteiger partial charge is 0.506 e. The number of H-pyrrole nitrogens is 1. The molecule has 0 radical (unpaired) electrons. The van der Waals surface area contributed by atoms with Crippen LogP contribution in [0.25, 0.3) is 10.9 Å². The number of phenols is 1. The Bertz CT molecular complexity index is 1930. The highest BCUT2D eigenvalue weighted by molar-refractivity contribution is 5.94. The van der Waals surface area contributed by atoms with E-state index in [1.807, 2.05) is 66.7 Å². The van der Waals surface area contributed by atoms with Crippen LogP contribution < -0.4 is 21.3 Å². The number of aromatic nitrogens is 1. The smallest absolute Gasteiger partial charge is 0.405 e. The molecule has 0 bridgehead atoms. The van der Waals surface area contributed by atoms with Crippen molar-refractivity contribution in [2.45, 2.75) is 31.7 Å². The van der Waals surface area contributed by atoms with E-state index in [1.54, 1.807) is 36.2 Å². The van der Waals surface area contributed by atoms with Gasteiger partial charge in [0.05, 0.1) is 11.6 Å². The van der Waals surface area contributed by atoms with Crippen LogP contribution in [-0.4, -0.2) is 58.8 Å². The van der Waals surface area contributed by atoms with Crippen molar-refractivity contribution in [3.8, 4) is 11.5 Å². The quantitative estimate of drug-likeness (QED) is 0.0956. The molecule has 4 aromatic carbocycles. The summed E-state index contributed by atoms with van der Waals surface area (Å²) in [6.07, 6.45) is -0.790. The molecule has 2 atom stereocenters. The molecule has 0 aliphatic carbocycles. The van der Waals surface area contributed by atoms with Crippen LogP contribution in [0.5, 0.6) is 11.5 Å². The van der Waals surface area contributed by atoms with Gasteiger partial charge in [-0.05, 0) is 72.5 Å². The van der Waals surface area contributed by atoms with E-state index in [-0.39, 0.29) is 23.8 Å². The summed E-state index contributed by atoms with van der Waals surface area (Å²) < 4.78 is 11.4. The van der Waals surface area contributed by atoms with Crippen molar-refractivity contribution in [3.05, 3.63) is 141 Å². The number of carbonyl (C=O) groups is 2. The first-order valence-corrected chi connectivity index (χ1v) is 16.0. The van der Waals surface area contributed by atoms with Gasteiger partial charge in [-0.2, -0.15) is 0 Å². The van der Waals surface area contributed by atoms with Gasteiger partial charge in [-0.1, -0.05) is 60.7 Å². The molecule has 11 heteroatoms. The molecule has 6 N–H and O–H groups in total. The lowest BCUT2D eigenvalue weighted by molar-refractivity contribution is 0.0792. The minimum Gasteiger partial charge on any atom is -0.506 e. The standard InChI is InChI=1S/C38H40N4O7/c1-42(21-6-5-20-40-23-33(44)30-16-18-32(43)35-31(30)17-19-34(45)41-35)37(46)27-14-12-25(13-15-27)24-48-29-11-7-10-28(22-29)36(49-38(39)47)26-8-3-2-4-9-26/h2-4,7-19,22,33,36,40,43-44H,5-6,20-21,23-24H2,1H3,(H2,39,47)(H,41,45)/t33-,36-/m0/s1. The molecule has 0 aliphatic heterocycles. The summed E-state index contributed by atoms with van der Waals surface area (Å²) in [5.74, 6) is 0.468. The van der Waals surface area contributed by atoms with Crippen LogP contribution in [0.4, 0.5) is 4.79 Å². The fraction of sp³-hybridized carbons (Fsp3) is 0.237. The molecule has 254 valence electrons. The zero-order chi connectivity index (χ0) is 34.8. The molecule has 2 amide bonds. The molecule has 1 heterocycles. The summed E-state index contributed by atoms with van der Waals surface area (Å²) in [5.41, 5.74) is 8.89. The van der Waals surface area contributed by atoms with Crippen molar-refractivity contribution in [1.82, 2.24) is 15.2 Å². The van der Waals surface area contributed by atoms with Crippen LogP contribution in [0.15, 0.2) is 108 Å². The first-order chi connectivity index (χ1) is 23.7.